The molecule has 0 amide bonds. The Kier molecular flexibility index (Phi) is 8.58. The summed E-state index contributed by atoms with van der Waals surface area (Å²) < 4.78 is 37.8. The minimum Gasteiger partial charge on any atom is -0.368 e. The molecule has 174 valence electrons. The Labute approximate surface area is 193 Å². The summed E-state index contributed by atoms with van der Waals surface area (Å²) in [5, 5.41) is 10.6. The number of rotatable bonds is 11. The van der Waals surface area contributed by atoms with Gasteiger partial charge in [0.05, 0.1) is 19.8 Å². The van der Waals surface area contributed by atoms with E-state index < -0.39 is 37.4 Å². The standard InChI is InChI=1S/C27H29FO5/c28-16-23(30-17-20-10-4-1-5-11-20)24-25(31-18-21-12-6-2-7-13-21)26(27(29)33-24)32-19-22-14-8-3-9-15-22/h1-15,23-27,29H,16-19H2/t23-,24+,25+,26-,27-/m1/s1. The first-order valence-corrected chi connectivity index (χ1v) is 11.1. The van der Waals surface area contributed by atoms with E-state index in [-0.39, 0.29) is 19.8 Å². The molecule has 0 bridgehead atoms. The van der Waals surface area contributed by atoms with Crippen LogP contribution in [0.2, 0.25) is 0 Å². The van der Waals surface area contributed by atoms with E-state index in [0.717, 1.165) is 16.7 Å². The van der Waals surface area contributed by atoms with Crippen molar-refractivity contribution in [3.05, 3.63) is 108 Å². The number of aliphatic hydroxyl groups excluding tert-OH is 1. The van der Waals surface area contributed by atoms with Gasteiger partial charge in [-0.25, -0.2) is 4.39 Å². The molecule has 4 rings (SSSR count). The molecule has 1 aliphatic rings. The average molecular weight is 453 g/mol. The zero-order valence-electron chi connectivity index (χ0n) is 18.3. The van der Waals surface area contributed by atoms with E-state index in [9.17, 15) is 9.50 Å². The van der Waals surface area contributed by atoms with Crippen molar-refractivity contribution < 1.29 is 28.4 Å². The molecular weight excluding hydrogens is 423 g/mol. The van der Waals surface area contributed by atoms with Gasteiger partial charge in [0.1, 0.15) is 31.1 Å². The van der Waals surface area contributed by atoms with Crippen LogP contribution in [0.5, 0.6) is 0 Å². The maximum Gasteiger partial charge on any atom is 0.184 e. The van der Waals surface area contributed by atoms with Gasteiger partial charge in [0, 0.05) is 0 Å². The molecule has 1 fully saturated rings. The van der Waals surface area contributed by atoms with Crippen LogP contribution in [0.3, 0.4) is 0 Å². The van der Waals surface area contributed by atoms with Gasteiger partial charge >= 0.3 is 0 Å². The van der Waals surface area contributed by atoms with Gasteiger partial charge in [0.2, 0.25) is 0 Å². The Morgan fingerprint density at radius 1 is 0.697 bits per heavy atom. The second kappa shape index (κ2) is 12.0. The smallest absolute Gasteiger partial charge is 0.184 e. The Bertz CT molecular complexity index is 941. The van der Waals surface area contributed by atoms with E-state index in [1.807, 2.05) is 91.0 Å². The summed E-state index contributed by atoms with van der Waals surface area (Å²) in [6.07, 6.45) is -4.48. The molecule has 0 aromatic heterocycles. The fourth-order valence-corrected chi connectivity index (χ4v) is 3.87. The first-order valence-electron chi connectivity index (χ1n) is 11.1. The van der Waals surface area contributed by atoms with Crippen LogP contribution in [0, 0.1) is 0 Å². The molecule has 0 radical (unpaired) electrons. The van der Waals surface area contributed by atoms with E-state index in [4.69, 9.17) is 18.9 Å². The van der Waals surface area contributed by atoms with Crippen molar-refractivity contribution in [2.45, 2.75) is 50.5 Å². The minimum absolute atomic E-state index is 0.228. The van der Waals surface area contributed by atoms with Crippen LogP contribution in [-0.4, -0.2) is 42.5 Å². The van der Waals surface area contributed by atoms with E-state index in [1.54, 1.807) is 0 Å². The molecule has 6 heteroatoms. The summed E-state index contributed by atoms with van der Waals surface area (Å²) in [4.78, 5) is 0. The van der Waals surface area contributed by atoms with Gasteiger partial charge in [0.15, 0.2) is 6.29 Å². The summed E-state index contributed by atoms with van der Waals surface area (Å²) in [5.74, 6) is 0. The van der Waals surface area contributed by atoms with Crippen molar-refractivity contribution in [2.75, 3.05) is 6.67 Å². The summed E-state index contributed by atoms with van der Waals surface area (Å²) in [6.45, 7) is 0.00311. The van der Waals surface area contributed by atoms with Crippen LogP contribution in [-0.2, 0) is 38.8 Å². The third-order valence-electron chi connectivity index (χ3n) is 5.62. The predicted molar refractivity (Wildman–Crippen MR) is 122 cm³/mol. The molecule has 3 aromatic carbocycles. The van der Waals surface area contributed by atoms with Crippen molar-refractivity contribution in [3.8, 4) is 0 Å². The third kappa shape index (κ3) is 6.47. The molecule has 1 saturated heterocycles. The van der Waals surface area contributed by atoms with Gasteiger partial charge in [-0.05, 0) is 16.7 Å². The Morgan fingerprint density at radius 3 is 1.64 bits per heavy atom. The van der Waals surface area contributed by atoms with Crippen LogP contribution in [0.25, 0.3) is 0 Å². The summed E-state index contributed by atoms with van der Waals surface area (Å²) in [5.41, 5.74) is 2.84. The van der Waals surface area contributed by atoms with E-state index in [1.165, 1.54) is 0 Å². The topological polar surface area (TPSA) is 57.2 Å². The zero-order valence-corrected chi connectivity index (χ0v) is 18.3. The lowest BCUT2D eigenvalue weighted by atomic mass is 10.1. The summed E-state index contributed by atoms with van der Waals surface area (Å²) >= 11 is 0. The van der Waals surface area contributed by atoms with Crippen molar-refractivity contribution in [1.29, 1.82) is 0 Å². The first-order chi connectivity index (χ1) is 16.2. The molecule has 5 nitrogen and oxygen atoms in total. The van der Waals surface area contributed by atoms with Gasteiger partial charge < -0.3 is 24.1 Å². The molecule has 33 heavy (non-hydrogen) atoms. The molecule has 1 heterocycles. The summed E-state index contributed by atoms with van der Waals surface area (Å²) in [7, 11) is 0. The SMILES string of the molecule is O[C@@H]1O[C@@H]([C@@H](CF)OCc2ccccc2)[C@H](OCc2ccccc2)[C@H]1OCc1ccccc1. The predicted octanol–water partition coefficient (Wildman–Crippen LogP) is 4.43. The molecule has 1 aliphatic heterocycles. The second-order valence-corrected chi connectivity index (χ2v) is 8.00. The van der Waals surface area contributed by atoms with Crippen LogP contribution in [0.15, 0.2) is 91.0 Å². The molecule has 0 aliphatic carbocycles. The van der Waals surface area contributed by atoms with Gasteiger partial charge in [-0.2, -0.15) is 0 Å². The van der Waals surface area contributed by atoms with Crippen molar-refractivity contribution in [1.82, 2.24) is 0 Å². The normalized spacial score (nSPS) is 23.5. The highest BCUT2D eigenvalue weighted by atomic mass is 19.1. The van der Waals surface area contributed by atoms with Gasteiger partial charge in [-0.1, -0.05) is 91.0 Å². The van der Waals surface area contributed by atoms with Crippen molar-refractivity contribution in [3.63, 3.8) is 0 Å². The number of ether oxygens (including phenoxy) is 4. The molecule has 3 aromatic rings. The van der Waals surface area contributed by atoms with Crippen LogP contribution >= 0.6 is 0 Å². The van der Waals surface area contributed by atoms with E-state index >= 15 is 0 Å². The fourth-order valence-electron chi connectivity index (χ4n) is 3.87. The number of benzene rings is 3. The monoisotopic (exact) mass is 452 g/mol. The fraction of sp³-hybridized carbons (Fsp3) is 0.333. The maximum atomic E-state index is 14.1. The van der Waals surface area contributed by atoms with Crippen LogP contribution in [0.4, 0.5) is 4.39 Å². The van der Waals surface area contributed by atoms with Crippen molar-refractivity contribution >= 4 is 0 Å². The quantitative estimate of drug-likeness (QED) is 0.467. The molecule has 0 saturated carbocycles. The van der Waals surface area contributed by atoms with E-state index in [0.29, 0.717) is 0 Å². The first kappa shape index (κ1) is 23.5. The summed E-state index contributed by atoms with van der Waals surface area (Å²) in [6, 6.07) is 28.8. The molecule has 0 unspecified atom stereocenters. The van der Waals surface area contributed by atoms with Gasteiger partial charge in [-0.15, -0.1) is 0 Å². The molecule has 5 atom stereocenters. The number of alkyl halides is 1. The van der Waals surface area contributed by atoms with Crippen LogP contribution < -0.4 is 0 Å². The lowest BCUT2D eigenvalue weighted by Crippen LogP contribution is -2.44. The number of hydrogen-bond acceptors (Lipinski definition) is 5. The molecular formula is C27H29FO5. The largest absolute Gasteiger partial charge is 0.368 e. The van der Waals surface area contributed by atoms with Gasteiger partial charge in [0.25, 0.3) is 0 Å². The maximum absolute atomic E-state index is 14.1. The number of hydrogen-bond donors (Lipinski definition) is 1. The van der Waals surface area contributed by atoms with Gasteiger partial charge in [-0.3, -0.25) is 0 Å². The number of halogens is 1. The number of aliphatic hydroxyl groups is 1. The lowest BCUT2D eigenvalue weighted by Gasteiger charge is -2.28. The Morgan fingerprint density at radius 2 is 1.15 bits per heavy atom. The van der Waals surface area contributed by atoms with Crippen molar-refractivity contribution in [2.24, 2.45) is 0 Å². The second-order valence-electron chi connectivity index (χ2n) is 8.00. The minimum atomic E-state index is -1.26. The highest BCUT2D eigenvalue weighted by Gasteiger charge is 2.49. The lowest BCUT2D eigenvalue weighted by molar-refractivity contribution is -0.167. The zero-order chi connectivity index (χ0) is 22.9. The van der Waals surface area contributed by atoms with E-state index in [2.05, 4.69) is 0 Å². The van der Waals surface area contributed by atoms with Crippen LogP contribution in [0.1, 0.15) is 16.7 Å². The molecule has 0 spiro atoms. The molecule has 1 N–H and O–H groups in total. The highest BCUT2D eigenvalue weighted by Crippen LogP contribution is 2.31. The Balaban J connectivity index is 1.47. The highest BCUT2D eigenvalue weighted by molar-refractivity contribution is 5.15. The average Bonchev–Trinajstić information content (AvgIpc) is 3.18. The third-order valence-corrected chi connectivity index (χ3v) is 5.62. The Hall–Kier alpha value is -2.61.